The number of nitrogens with zero attached hydrogens (tertiary/aromatic N) is 1. The maximum atomic E-state index is 11.3. The first-order chi connectivity index (χ1) is 10.2. The molecular formula is C16H13NO4. The van der Waals surface area contributed by atoms with Crippen LogP contribution in [-0.2, 0) is 6.42 Å². The smallest absolute Gasteiger partial charge is 0.293 e. The molecule has 0 saturated heterocycles. The second-order valence-corrected chi connectivity index (χ2v) is 4.65. The van der Waals surface area contributed by atoms with Crippen molar-refractivity contribution in [3.05, 3.63) is 75.5 Å². The number of hydrogen-bond donors (Lipinski definition) is 0. The van der Waals surface area contributed by atoms with E-state index >= 15 is 0 Å². The molecule has 3 rings (SSSR count). The monoisotopic (exact) mass is 283 g/mol. The number of allylic oxidation sites excluding steroid dienone is 1. The summed E-state index contributed by atoms with van der Waals surface area (Å²) < 4.78 is 10.9. The van der Waals surface area contributed by atoms with E-state index in [2.05, 4.69) is 0 Å². The highest BCUT2D eigenvalue weighted by molar-refractivity contribution is 5.67. The Hall–Kier alpha value is -2.82. The Morgan fingerprint density at radius 3 is 2.52 bits per heavy atom. The molecule has 0 atom stereocenters. The summed E-state index contributed by atoms with van der Waals surface area (Å²) in [6.45, 7) is 0. The Morgan fingerprint density at radius 1 is 1.14 bits per heavy atom. The normalized spacial score (nSPS) is 13.4. The molecule has 0 saturated carbocycles. The summed E-state index contributed by atoms with van der Waals surface area (Å²) in [6, 6.07) is 14.4. The van der Waals surface area contributed by atoms with Gasteiger partial charge in [0, 0.05) is 11.1 Å². The summed E-state index contributed by atoms with van der Waals surface area (Å²) in [5.41, 5.74) is 1.55. The Labute approximate surface area is 121 Å². The summed E-state index contributed by atoms with van der Waals surface area (Å²) >= 11 is 0. The van der Waals surface area contributed by atoms with Gasteiger partial charge >= 0.3 is 0 Å². The van der Waals surface area contributed by atoms with Crippen molar-refractivity contribution in [1.29, 1.82) is 0 Å². The number of ether oxygens (including phenoxy) is 2. The van der Waals surface area contributed by atoms with Crippen LogP contribution in [0.4, 0.5) is 0 Å². The van der Waals surface area contributed by atoms with E-state index in [4.69, 9.17) is 9.47 Å². The third kappa shape index (κ3) is 2.45. The highest BCUT2D eigenvalue weighted by Gasteiger charge is 2.29. The lowest BCUT2D eigenvalue weighted by atomic mass is 10.0. The van der Waals surface area contributed by atoms with Gasteiger partial charge in [-0.15, -0.1) is 0 Å². The first kappa shape index (κ1) is 13.2. The lowest BCUT2D eigenvalue weighted by molar-refractivity contribution is -0.427. The molecule has 0 radical (unpaired) electrons. The quantitative estimate of drug-likeness (QED) is 0.640. The Bertz CT molecular complexity index is 719. The van der Waals surface area contributed by atoms with Crippen molar-refractivity contribution in [2.24, 2.45) is 0 Å². The minimum atomic E-state index is -0.379. The van der Waals surface area contributed by atoms with Gasteiger partial charge in [0.1, 0.15) is 11.5 Å². The molecule has 0 spiro atoms. The standard InChI is InChI=1S/C16H13NO4/c1-20-13-8-6-11(7-9-13)16-14(17(18)19)10-12-4-2-3-5-15(12)21-16/h2-9H,10H2,1H3. The van der Waals surface area contributed by atoms with Crippen molar-refractivity contribution < 1.29 is 14.4 Å². The van der Waals surface area contributed by atoms with Crippen LogP contribution in [0.5, 0.6) is 11.5 Å². The van der Waals surface area contributed by atoms with E-state index in [1.807, 2.05) is 24.3 Å². The topological polar surface area (TPSA) is 61.6 Å². The number of methoxy groups -OCH3 is 1. The van der Waals surface area contributed by atoms with E-state index in [0.29, 0.717) is 22.8 Å². The molecule has 1 aliphatic heterocycles. The molecule has 5 nitrogen and oxygen atoms in total. The molecule has 0 fully saturated rings. The second kappa shape index (κ2) is 5.28. The van der Waals surface area contributed by atoms with Crippen LogP contribution in [0.2, 0.25) is 0 Å². The molecule has 2 aromatic rings. The van der Waals surface area contributed by atoms with Crippen LogP contribution in [0, 0.1) is 10.1 Å². The van der Waals surface area contributed by atoms with Crippen molar-refractivity contribution in [3.8, 4) is 11.5 Å². The van der Waals surface area contributed by atoms with Crippen molar-refractivity contribution in [3.63, 3.8) is 0 Å². The predicted molar refractivity (Wildman–Crippen MR) is 77.7 cm³/mol. The first-order valence-electron chi connectivity index (χ1n) is 6.47. The molecular weight excluding hydrogens is 270 g/mol. The maximum absolute atomic E-state index is 11.3. The molecule has 0 N–H and O–H groups in total. The van der Waals surface area contributed by atoms with Crippen molar-refractivity contribution in [1.82, 2.24) is 0 Å². The third-order valence-electron chi connectivity index (χ3n) is 3.38. The number of benzene rings is 2. The first-order valence-corrected chi connectivity index (χ1v) is 6.47. The number of rotatable bonds is 3. The molecule has 0 aromatic heterocycles. The zero-order valence-electron chi connectivity index (χ0n) is 11.4. The van der Waals surface area contributed by atoms with E-state index in [0.717, 1.165) is 5.56 Å². The highest BCUT2D eigenvalue weighted by atomic mass is 16.6. The summed E-state index contributed by atoms with van der Waals surface area (Å²) in [5, 5.41) is 11.3. The molecule has 106 valence electrons. The van der Waals surface area contributed by atoms with Crippen LogP contribution < -0.4 is 9.47 Å². The Balaban J connectivity index is 2.06. The van der Waals surface area contributed by atoms with Gasteiger partial charge < -0.3 is 9.47 Å². The van der Waals surface area contributed by atoms with Crippen LogP contribution in [0.15, 0.2) is 54.2 Å². The third-order valence-corrected chi connectivity index (χ3v) is 3.38. The summed E-state index contributed by atoms with van der Waals surface area (Å²) in [6.07, 6.45) is 0.254. The van der Waals surface area contributed by atoms with Crippen molar-refractivity contribution in [2.75, 3.05) is 7.11 Å². The zero-order valence-corrected chi connectivity index (χ0v) is 11.4. The van der Waals surface area contributed by atoms with Crippen molar-refractivity contribution in [2.45, 2.75) is 6.42 Å². The van der Waals surface area contributed by atoms with Gasteiger partial charge in [-0.1, -0.05) is 18.2 Å². The van der Waals surface area contributed by atoms with Crippen LogP contribution >= 0.6 is 0 Å². The van der Waals surface area contributed by atoms with E-state index in [1.165, 1.54) is 0 Å². The van der Waals surface area contributed by atoms with Crippen molar-refractivity contribution >= 4 is 5.76 Å². The summed E-state index contributed by atoms with van der Waals surface area (Å²) in [4.78, 5) is 10.9. The Kier molecular flexibility index (Phi) is 3.31. The molecule has 5 heteroatoms. The summed E-state index contributed by atoms with van der Waals surface area (Å²) in [7, 11) is 1.57. The predicted octanol–water partition coefficient (Wildman–Crippen LogP) is 3.28. The maximum Gasteiger partial charge on any atom is 0.293 e. The van der Waals surface area contributed by atoms with Crippen LogP contribution in [0.3, 0.4) is 0 Å². The molecule has 0 unspecified atom stereocenters. The molecule has 0 bridgehead atoms. The number of hydrogen-bond acceptors (Lipinski definition) is 4. The molecule has 2 aromatic carbocycles. The van der Waals surface area contributed by atoms with Gasteiger partial charge in [0.25, 0.3) is 5.70 Å². The van der Waals surface area contributed by atoms with E-state index in [-0.39, 0.29) is 17.0 Å². The molecule has 1 aliphatic rings. The van der Waals surface area contributed by atoms with Gasteiger partial charge in [0.05, 0.1) is 18.5 Å². The number of fused-ring (bicyclic) bond motifs is 1. The van der Waals surface area contributed by atoms with E-state index in [1.54, 1.807) is 31.4 Å². The van der Waals surface area contributed by atoms with Gasteiger partial charge in [0.2, 0.25) is 5.76 Å². The van der Waals surface area contributed by atoms with Crippen LogP contribution in [-0.4, -0.2) is 12.0 Å². The second-order valence-electron chi connectivity index (χ2n) is 4.65. The molecule has 0 amide bonds. The highest BCUT2D eigenvalue weighted by Crippen LogP contribution is 2.35. The van der Waals surface area contributed by atoms with Gasteiger partial charge in [-0.05, 0) is 30.3 Å². The van der Waals surface area contributed by atoms with Gasteiger partial charge in [0.15, 0.2) is 0 Å². The summed E-state index contributed by atoms with van der Waals surface area (Å²) in [5.74, 6) is 1.65. The van der Waals surface area contributed by atoms with E-state index < -0.39 is 0 Å². The van der Waals surface area contributed by atoms with Gasteiger partial charge in [-0.25, -0.2) is 0 Å². The molecule has 1 heterocycles. The lowest BCUT2D eigenvalue weighted by Crippen LogP contribution is -2.15. The van der Waals surface area contributed by atoms with Gasteiger partial charge in [-0.3, -0.25) is 10.1 Å². The van der Waals surface area contributed by atoms with Crippen LogP contribution in [0.1, 0.15) is 11.1 Å². The number of nitro groups is 1. The fourth-order valence-electron chi connectivity index (χ4n) is 2.29. The molecule has 0 aliphatic carbocycles. The van der Waals surface area contributed by atoms with Crippen LogP contribution in [0.25, 0.3) is 5.76 Å². The fraction of sp³-hybridized carbons (Fsp3) is 0.125. The minimum Gasteiger partial charge on any atom is -0.497 e. The van der Waals surface area contributed by atoms with Gasteiger partial charge in [-0.2, -0.15) is 0 Å². The minimum absolute atomic E-state index is 0.0684. The van der Waals surface area contributed by atoms with E-state index in [9.17, 15) is 10.1 Å². The average Bonchev–Trinajstić information content (AvgIpc) is 2.53. The largest absolute Gasteiger partial charge is 0.497 e. The molecule has 21 heavy (non-hydrogen) atoms. The fourth-order valence-corrected chi connectivity index (χ4v) is 2.29. The Morgan fingerprint density at radius 2 is 1.86 bits per heavy atom. The lowest BCUT2D eigenvalue weighted by Gasteiger charge is -2.19. The zero-order chi connectivity index (χ0) is 14.8. The average molecular weight is 283 g/mol. The number of para-hydroxylation sites is 1. The SMILES string of the molecule is COc1ccc(C2=C([N+](=O)[O-])Cc3ccccc3O2)cc1.